The molecular formula is C14H26N2OS. The molecule has 0 amide bonds. The monoisotopic (exact) mass is 270 g/mol. The molecular weight excluding hydrogens is 244 g/mol. The van der Waals surface area contributed by atoms with Crippen molar-refractivity contribution < 1.29 is 5.11 Å². The zero-order chi connectivity index (χ0) is 13.9. The second-order valence-electron chi connectivity index (χ2n) is 5.30. The summed E-state index contributed by atoms with van der Waals surface area (Å²) in [6.45, 7) is 14.5. The summed E-state index contributed by atoms with van der Waals surface area (Å²) in [5.74, 6) is 0. The molecule has 1 unspecified atom stereocenters. The van der Waals surface area contributed by atoms with Crippen LogP contribution in [0.1, 0.15) is 43.3 Å². The fourth-order valence-corrected chi connectivity index (χ4v) is 3.26. The Kier molecular flexibility index (Phi) is 5.32. The summed E-state index contributed by atoms with van der Waals surface area (Å²) in [6.07, 6.45) is 0.255. The SMILES string of the molecule is CCN(CC)C(C)(C)C(O)Cc1nc(C)c(C)s1. The molecule has 1 N–H and O–H groups in total. The van der Waals surface area contributed by atoms with Crippen LogP contribution in [0, 0.1) is 13.8 Å². The minimum Gasteiger partial charge on any atom is -0.391 e. The molecule has 0 saturated heterocycles. The summed E-state index contributed by atoms with van der Waals surface area (Å²) in [6, 6.07) is 0. The highest BCUT2D eigenvalue weighted by Crippen LogP contribution is 2.24. The van der Waals surface area contributed by atoms with Crippen LogP contribution in [0.15, 0.2) is 0 Å². The first-order valence-electron chi connectivity index (χ1n) is 6.68. The molecule has 1 aromatic rings. The molecule has 0 spiro atoms. The highest BCUT2D eigenvalue weighted by Gasteiger charge is 2.33. The van der Waals surface area contributed by atoms with Crippen molar-refractivity contribution in [1.29, 1.82) is 0 Å². The lowest BCUT2D eigenvalue weighted by atomic mass is 9.92. The number of nitrogens with zero attached hydrogens (tertiary/aromatic N) is 2. The van der Waals surface area contributed by atoms with E-state index in [1.807, 2.05) is 6.92 Å². The number of likely N-dealkylation sites (N-methyl/N-ethyl adjacent to an activating group) is 1. The molecule has 104 valence electrons. The molecule has 0 radical (unpaired) electrons. The van der Waals surface area contributed by atoms with Crippen LogP contribution in [-0.4, -0.2) is 39.7 Å². The third-order valence-corrected chi connectivity index (χ3v) is 4.93. The van der Waals surface area contributed by atoms with Gasteiger partial charge >= 0.3 is 0 Å². The van der Waals surface area contributed by atoms with Gasteiger partial charge in [0.05, 0.1) is 16.8 Å². The Hall–Kier alpha value is -0.450. The first-order valence-corrected chi connectivity index (χ1v) is 7.50. The van der Waals surface area contributed by atoms with Crippen molar-refractivity contribution in [3.05, 3.63) is 15.6 Å². The molecule has 0 fully saturated rings. The summed E-state index contributed by atoms with van der Waals surface area (Å²) < 4.78 is 0. The number of thiazole rings is 1. The Morgan fingerprint density at radius 1 is 1.28 bits per heavy atom. The van der Waals surface area contributed by atoms with Gasteiger partial charge in [0.15, 0.2) is 0 Å². The van der Waals surface area contributed by atoms with E-state index >= 15 is 0 Å². The van der Waals surface area contributed by atoms with Gasteiger partial charge < -0.3 is 5.11 Å². The molecule has 3 nitrogen and oxygen atoms in total. The van der Waals surface area contributed by atoms with Crippen LogP contribution in [0.3, 0.4) is 0 Å². The van der Waals surface area contributed by atoms with Crippen molar-refractivity contribution in [2.75, 3.05) is 13.1 Å². The van der Waals surface area contributed by atoms with Gasteiger partial charge in [0.2, 0.25) is 0 Å². The molecule has 1 aromatic heterocycles. The standard InChI is InChI=1S/C14H26N2OS/c1-7-16(8-2)14(5,6)12(17)9-13-15-10(3)11(4)18-13/h12,17H,7-9H2,1-6H3. The molecule has 0 aliphatic heterocycles. The van der Waals surface area contributed by atoms with Gasteiger partial charge in [0.1, 0.15) is 0 Å². The fourth-order valence-electron chi connectivity index (χ4n) is 2.29. The molecule has 0 aromatic carbocycles. The zero-order valence-electron chi connectivity index (χ0n) is 12.4. The van der Waals surface area contributed by atoms with Crippen LogP contribution in [0.25, 0.3) is 0 Å². The average molecular weight is 270 g/mol. The van der Waals surface area contributed by atoms with E-state index in [0.717, 1.165) is 23.8 Å². The van der Waals surface area contributed by atoms with Crippen LogP contribution in [-0.2, 0) is 6.42 Å². The maximum Gasteiger partial charge on any atom is 0.0957 e. The summed E-state index contributed by atoms with van der Waals surface area (Å²) in [5.41, 5.74) is 0.875. The molecule has 1 rings (SSSR count). The molecule has 1 heterocycles. The second-order valence-corrected chi connectivity index (χ2v) is 6.58. The molecule has 0 aliphatic carbocycles. The van der Waals surface area contributed by atoms with E-state index in [2.05, 4.69) is 44.5 Å². The van der Waals surface area contributed by atoms with E-state index in [1.165, 1.54) is 4.88 Å². The van der Waals surface area contributed by atoms with Crippen molar-refractivity contribution in [2.45, 2.75) is 59.6 Å². The predicted octanol–water partition coefficient (Wildman–Crippen LogP) is 2.78. The van der Waals surface area contributed by atoms with Crippen LogP contribution in [0.5, 0.6) is 0 Å². The largest absolute Gasteiger partial charge is 0.391 e. The Morgan fingerprint density at radius 2 is 1.83 bits per heavy atom. The lowest BCUT2D eigenvalue weighted by Gasteiger charge is -2.40. The predicted molar refractivity (Wildman–Crippen MR) is 78.3 cm³/mol. The minimum absolute atomic E-state index is 0.211. The molecule has 0 bridgehead atoms. The van der Waals surface area contributed by atoms with E-state index in [0.29, 0.717) is 6.42 Å². The van der Waals surface area contributed by atoms with Crippen molar-refractivity contribution in [2.24, 2.45) is 0 Å². The summed E-state index contributed by atoms with van der Waals surface area (Å²) in [4.78, 5) is 8.06. The summed E-state index contributed by atoms with van der Waals surface area (Å²) in [5, 5.41) is 11.5. The Morgan fingerprint density at radius 3 is 2.22 bits per heavy atom. The van der Waals surface area contributed by atoms with Crippen LogP contribution < -0.4 is 0 Å². The van der Waals surface area contributed by atoms with Gasteiger partial charge in [-0.1, -0.05) is 13.8 Å². The maximum atomic E-state index is 10.5. The number of rotatable bonds is 6. The second kappa shape index (κ2) is 6.13. The van der Waals surface area contributed by atoms with Gasteiger partial charge in [0.25, 0.3) is 0 Å². The number of hydrogen-bond acceptors (Lipinski definition) is 4. The van der Waals surface area contributed by atoms with Gasteiger partial charge in [-0.15, -0.1) is 11.3 Å². The summed E-state index contributed by atoms with van der Waals surface area (Å²) in [7, 11) is 0. The highest BCUT2D eigenvalue weighted by atomic mass is 32.1. The first kappa shape index (κ1) is 15.6. The van der Waals surface area contributed by atoms with Crippen molar-refractivity contribution in [1.82, 2.24) is 9.88 Å². The minimum atomic E-state index is -0.387. The third-order valence-electron chi connectivity index (χ3n) is 3.83. The van der Waals surface area contributed by atoms with E-state index < -0.39 is 0 Å². The van der Waals surface area contributed by atoms with Crippen LogP contribution in [0.2, 0.25) is 0 Å². The fraction of sp³-hybridized carbons (Fsp3) is 0.786. The Labute approximate surface area is 115 Å². The Bertz CT molecular complexity index is 364. The molecule has 18 heavy (non-hydrogen) atoms. The normalized spacial score (nSPS) is 14.2. The van der Waals surface area contributed by atoms with Gasteiger partial charge in [-0.3, -0.25) is 4.90 Å². The van der Waals surface area contributed by atoms with Crippen molar-refractivity contribution in [3.8, 4) is 0 Å². The number of hydrogen-bond donors (Lipinski definition) is 1. The van der Waals surface area contributed by atoms with E-state index in [-0.39, 0.29) is 11.6 Å². The van der Waals surface area contributed by atoms with Gasteiger partial charge in [-0.05, 0) is 40.8 Å². The first-order chi connectivity index (χ1) is 8.32. The summed E-state index contributed by atoms with van der Waals surface area (Å²) >= 11 is 1.70. The Balaban J connectivity index is 2.77. The topological polar surface area (TPSA) is 36.4 Å². The molecule has 1 atom stereocenters. The van der Waals surface area contributed by atoms with Gasteiger partial charge in [0, 0.05) is 16.8 Å². The van der Waals surface area contributed by atoms with E-state index in [9.17, 15) is 5.11 Å². The van der Waals surface area contributed by atoms with E-state index in [1.54, 1.807) is 11.3 Å². The lowest BCUT2D eigenvalue weighted by molar-refractivity contribution is -0.00418. The number of aliphatic hydroxyl groups excluding tert-OH is 1. The van der Waals surface area contributed by atoms with Crippen molar-refractivity contribution in [3.63, 3.8) is 0 Å². The van der Waals surface area contributed by atoms with Crippen LogP contribution in [0.4, 0.5) is 0 Å². The maximum absolute atomic E-state index is 10.5. The highest BCUT2D eigenvalue weighted by molar-refractivity contribution is 7.11. The molecule has 4 heteroatoms. The smallest absolute Gasteiger partial charge is 0.0957 e. The van der Waals surface area contributed by atoms with Crippen molar-refractivity contribution >= 4 is 11.3 Å². The number of aryl methyl sites for hydroxylation is 2. The number of aliphatic hydroxyl groups is 1. The van der Waals surface area contributed by atoms with E-state index in [4.69, 9.17) is 0 Å². The third kappa shape index (κ3) is 3.31. The quantitative estimate of drug-likeness (QED) is 0.863. The van der Waals surface area contributed by atoms with Gasteiger partial charge in [-0.2, -0.15) is 0 Å². The zero-order valence-corrected chi connectivity index (χ0v) is 13.3. The molecule has 0 aliphatic rings. The molecule has 0 saturated carbocycles. The lowest BCUT2D eigenvalue weighted by Crippen LogP contribution is -2.53. The number of aromatic nitrogens is 1. The van der Waals surface area contributed by atoms with Gasteiger partial charge in [-0.25, -0.2) is 4.98 Å². The average Bonchev–Trinajstić information content (AvgIpc) is 2.59. The van der Waals surface area contributed by atoms with Crippen LogP contribution >= 0.6 is 11.3 Å².